The smallest absolute Gasteiger partial charge is 0.267 e. The molecule has 0 radical (unpaired) electrons. The molecule has 0 bridgehead atoms. The second-order valence-corrected chi connectivity index (χ2v) is 5.83. The Morgan fingerprint density at radius 2 is 1.79 bits per heavy atom. The van der Waals surface area contributed by atoms with Gasteiger partial charge >= 0.3 is 0 Å². The molecule has 0 aliphatic heterocycles. The number of nitrogens with zero attached hydrogens (tertiary/aromatic N) is 1. The van der Waals surface area contributed by atoms with Crippen molar-refractivity contribution in [1.82, 2.24) is 0 Å². The third kappa shape index (κ3) is 4.02. The van der Waals surface area contributed by atoms with E-state index in [1.165, 1.54) is 6.20 Å². The van der Waals surface area contributed by atoms with Crippen molar-refractivity contribution in [3.63, 3.8) is 0 Å². The minimum Gasteiger partial charge on any atom is -0.360 e. The molecule has 24 heavy (non-hydrogen) atoms. The Balaban J connectivity index is 2.17. The Labute approximate surface area is 142 Å². The molecule has 4 heteroatoms. The van der Waals surface area contributed by atoms with E-state index >= 15 is 0 Å². The number of hydrogen-bond acceptors (Lipinski definition) is 3. The second kappa shape index (κ2) is 7.47. The number of carbonyl (C=O) groups is 1. The van der Waals surface area contributed by atoms with Gasteiger partial charge in [-0.1, -0.05) is 29.8 Å². The monoisotopic (exact) mass is 319 g/mol. The highest BCUT2D eigenvalue weighted by Gasteiger charge is 2.11. The third-order valence-electron chi connectivity index (χ3n) is 3.97. The molecule has 0 atom stereocenters. The molecule has 0 aliphatic rings. The zero-order valence-electron chi connectivity index (χ0n) is 14.4. The lowest BCUT2D eigenvalue weighted by Crippen LogP contribution is -2.15. The molecule has 0 saturated heterocycles. The van der Waals surface area contributed by atoms with Crippen LogP contribution in [0.4, 0.5) is 11.4 Å². The first-order valence-corrected chi connectivity index (χ1v) is 7.74. The number of aryl methyl sites for hydroxylation is 3. The summed E-state index contributed by atoms with van der Waals surface area (Å²) in [6.07, 6.45) is 1.45. The fourth-order valence-electron chi connectivity index (χ4n) is 2.35. The van der Waals surface area contributed by atoms with E-state index in [1.807, 2.05) is 70.2 Å². The highest BCUT2D eigenvalue weighted by molar-refractivity contribution is 6.07. The Hall–Kier alpha value is -3.06. The molecule has 2 aromatic carbocycles. The number of amides is 1. The van der Waals surface area contributed by atoms with Gasteiger partial charge in [-0.3, -0.25) is 4.79 Å². The predicted molar refractivity (Wildman–Crippen MR) is 97.8 cm³/mol. The van der Waals surface area contributed by atoms with Crippen LogP contribution in [0.15, 0.2) is 48.2 Å². The minimum atomic E-state index is -0.428. The van der Waals surface area contributed by atoms with Gasteiger partial charge in [0.05, 0.1) is 0 Å². The van der Waals surface area contributed by atoms with Crippen molar-refractivity contribution < 1.29 is 4.79 Å². The van der Waals surface area contributed by atoms with E-state index in [2.05, 4.69) is 10.6 Å². The lowest BCUT2D eigenvalue weighted by Gasteiger charge is -2.10. The molecule has 0 unspecified atom stereocenters. The molecule has 0 spiro atoms. The van der Waals surface area contributed by atoms with Crippen molar-refractivity contribution in [3.05, 3.63) is 70.4 Å². The molecule has 0 fully saturated rings. The van der Waals surface area contributed by atoms with Crippen LogP contribution < -0.4 is 10.6 Å². The van der Waals surface area contributed by atoms with Gasteiger partial charge in [0.25, 0.3) is 5.91 Å². The van der Waals surface area contributed by atoms with Crippen molar-refractivity contribution in [2.24, 2.45) is 0 Å². The van der Waals surface area contributed by atoms with Crippen LogP contribution in [0, 0.1) is 39.0 Å². The summed E-state index contributed by atoms with van der Waals surface area (Å²) in [4.78, 5) is 12.3. The van der Waals surface area contributed by atoms with Crippen LogP contribution in [0.3, 0.4) is 0 Å². The van der Waals surface area contributed by atoms with Crippen LogP contribution in [0.25, 0.3) is 0 Å². The molecule has 0 aromatic heterocycles. The van der Waals surface area contributed by atoms with E-state index in [4.69, 9.17) is 0 Å². The lowest BCUT2D eigenvalue weighted by atomic mass is 10.1. The van der Waals surface area contributed by atoms with Gasteiger partial charge < -0.3 is 10.6 Å². The summed E-state index contributed by atoms with van der Waals surface area (Å²) in [6, 6.07) is 13.6. The highest BCUT2D eigenvalue weighted by Crippen LogP contribution is 2.19. The van der Waals surface area contributed by atoms with Gasteiger partial charge in [0, 0.05) is 17.6 Å². The summed E-state index contributed by atoms with van der Waals surface area (Å²) >= 11 is 0. The van der Waals surface area contributed by atoms with Crippen LogP contribution in [0.5, 0.6) is 0 Å². The second-order valence-electron chi connectivity index (χ2n) is 5.83. The van der Waals surface area contributed by atoms with Gasteiger partial charge in [0.2, 0.25) is 0 Å². The SMILES string of the molecule is Cc1ccc(NC(=O)/C(C#N)=C\Nc2cccc(C)c2C)c(C)c1. The maximum atomic E-state index is 12.3. The first kappa shape index (κ1) is 17.3. The maximum Gasteiger partial charge on any atom is 0.267 e. The van der Waals surface area contributed by atoms with Gasteiger partial charge in [-0.25, -0.2) is 0 Å². The van der Waals surface area contributed by atoms with Gasteiger partial charge in [-0.2, -0.15) is 5.26 Å². The van der Waals surface area contributed by atoms with E-state index in [0.717, 1.165) is 27.9 Å². The van der Waals surface area contributed by atoms with Gasteiger partial charge in [0.15, 0.2) is 0 Å². The normalized spacial score (nSPS) is 10.9. The van der Waals surface area contributed by atoms with Crippen molar-refractivity contribution in [3.8, 4) is 6.07 Å². The molecule has 1 amide bonds. The fourth-order valence-corrected chi connectivity index (χ4v) is 2.35. The number of rotatable bonds is 4. The summed E-state index contributed by atoms with van der Waals surface area (Å²) in [5.74, 6) is -0.428. The topological polar surface area (TPSA) is 64.9 Å². The first-order valence-electron chi connectivity index (χ1n) is 7.74. The molecule has 4 nitrogen and oxygen atoms in total. The van der Waals surface area contributed by atoms with Crippen LogP contribution in [-0.2, 0) is 4.79 Å². The minimum absolute atomic E-state index is 0.0240. The van der Waals surface area contributed by atoms with E-state index in [-0.39, 0.29) is 5.57 Å². The number of nitriles is 1. The molecule has 2 rings (SSSR count). The number of benzene rings is 2. The zero-order valence-corrected chi connectivity index (χ0v) is 14.4. The summed E-state index contributed by atoms with van der Waals surface area (Å²) in [5, 5.41) is 15.1. The quantitative estimate of drug-likeness (QED) is 0.649. The third-order valence-corrected chi connectivity index (χ3v) is 3.97. The van der Waals surface area contributed by atoms with Crippen molar-refractivity contribution >= 4 is 17.3 Å². The summed E-state index contributed by atoms with van der Waals surface area (Å²) < 4.78 is 0. The Kier molecular flexibility index (Phi) is 5.39. The lowest BCUT2D eigenvalue weighted by molar-refractivity contribution is -0.112. The molecule has 2 N–H and O–H groups in total. The van der Waals surface area contributed by atoms with Gasteiger partial charge in [0.1, 0.15) is 11.6 Å². The zero-order chi connectivity index (χ0) is 17.7. The fraction of sp³-hybridized carbons (Fsp3) is 0.200. The van der Waals surface area contributed by atoms with Crippen molar-refractivity contribution in [2.45, 2.75) is 27.7 Å². The number of nitrogens with one attached hydrogen (secondary N) is 2. The van der Waals surface area contributed by atoms with Crippen LogP contribution >= 0.6 is 0 Å². The summed E-state index contributed by atoms with van der Waals surface area (Å²) in [6.45, 7) is 7.93. The van der Waals surface area contributed by atoms with E-state index in [0.29, 0.717) is 5.69 Å². The summed E-state index contributed by atoms with van der Waals surface area (Å²) in [5.41, 5.74) is 5.92. The molecule has 2 aromatic rings. The average Bonchev–Trinajstić information content (AvgIpc) is 2.54. The molecule has 0 saturated carbocycles. The molecule has 0 heterocycles. The first-order chi connectivity index (χ1) is 11.4. The van der Waals surface area contributed by atoms with E-state index in [9.17, 15) is 10.1 Å². The number of carbonyl (C=O) groups excluding carboxylic acids is 1. The summed E-state index contributed by atoms with van der Waals surface area (Å²) in [7, 11) is 0. The van der Waals surface area contributed by atoms with Crippen molar-refractivity contribution in [2.75, 3.05) is 10.6 Å². The maximum absolute atomic E-state index is 12.3. The van der Waals surface area contributed by atoms with Crippen molar-refractivity contribution in [1.29, 1.82) is 5.26 Å². The molecule has 122 valence electrons. The number of anilines is 2. The van der Waals surface area contributed by atoms with Crippen LogP contribution in [0.2, 0.25) is 0 Å². The van der Waals surface area contributed by atoms with E-state index in [1.54, 1.807) is 0 Å². The largest absolute Gasteiger partial charge is 0.360 e. The Morgan fingerprint density at radius 1 is 1.04 bits per heavy atom. The molecular formula is C20H21N3O. The van der Waals surface area contributed by atoms with E-state index < -0.39 is 5.91 Å². The predicted octanol–water partition coefficient (Wildman–Crippen LogP) is 4.38. The molecule has 0 aliphatic carbocycles. The van der Waals surface area contributed by atoms with Crippen LogP contribution in [0.1, 0.15) is 22.3 Å². The van der Waals surface area contributed by atoms with Gasteiger partial charge in [-0.15, -0.1) is 0 Å². The Morgan fingerprint density at radius 3 is 2.46 bits per heavy atom. The standard InChI is InChI=1S/C20H21N3O/c1-13-8-9-18(15(3)10-13)23-20(24)17(11-21)12-22-19-7-5-6-14(2)16(19)4/h5-10,12,22H,1-4H3,(H,23,24)/b17-12-. The molecular weight excluding hydrogens is 298 g/mol. The average molecular weight is 319 g/mol. The number of hydrogen-bond donors (Lipinski definition) is 2. The highest BCUT2D eigenvalue weighted by atomic mass is 16.1. The van der Waals surface area contributed by atoms with Crippen LogP contribution in [-0.4, -0.2) is 5.91 Å². The van der Waals surface area contributed by atoms with Gasteiger partial charge in [-0.05, 0) is 56.5 Å². The Bertz CT molecular complexity index is 844.